The summed E-state index contributed by atoms with van der Waals surface area (Å²) < 4.78 is 1.56. The van der Waals surface area contributed by atoms with Crippen LogP contribution >= 0.6 is 11.8 Å². The highest BCUT2D eigenvalue weighted by molar-refractivity contribution is 7.99. The van der Waals surface area contributed by atoms with E-state index in [1.165, 1.54) is 18.2 Å². The molecule has 3 rings (SSSR count). The molecule has 20 heavy (non-hydrogen) atoms. The van der Waals surface area contributed by atoms with Crippen LogP contribution in [0.2, 0.25) is 0 Å². The molecule has 0 radical (unpaired) electrons. The molecule has 1 fully saturated rings. The fourth-order valence-corrected chi connectivity index (χ4v) is 2.71. The Bertz CT molecular complexity index is 592. The van der Waals surface area contributed by atoms with E-state index in [9.17, 15) is 0 Å². The van der Waals surface area contributed by atoms with Gasteiger partial charge in [-0.15, -0.1) is 5.10 Å². The molecule has 0 atom stereocenters. The Kier molecular flexibility index (Phi) is 3.63. The summed E-state index contributed by atoms with van der Waals surface area (Å²) in [6.07, 6.45) is 3.56. The smallest absolute Gasteiger partial charge is 0.231 e. The Labute approximate surface area is 120 Å². The van der Waals surface area contributed by atoms with Gasteiger partial charge in [0.25, 0.3) is 0 Å². The molecule has 0 unspecified atom stereocenters. The predicted molar refractivity (Wildman–Crippen MR) is 73.2 cm³/mol. The lowest BCUT2D eigenvalue weighted by Gasteiger charge is -2.26. The molecule has 106 valence electrons. The van der Waals surface area contributed by atoms with Crippen LogP contribution in [0.25, 0.3) is 0 Å². The molecule has 3 heterocycles. The van der Waals surface area contributed by atoms with Gasteiger partial charge in [0.2, 0.25) is 22.2 Å². The number of hydrogen-bond donors (Lipinski definition) is 1. The van der Waals surface area contributed by atoms with Gasteiger partial charge in [0.05, 0.1) is 0 Å². The van der Waals surface area contributed by atoms with E-state index in [0.717, 1.165) is 25.9 Å². The average molecular weight is 293 g/mol. The van der Waals surface area contributed by atoms with E-state index in [-0.39, 0.29) is 5.95 Å². The highest BCUT2D eigenvalue weighted by Crippen LogP contribution is 2.24. The van der Waals surface area contributed by atoms with Crippen molar-refractivity contribution in [1.29, 1.82) is 0 Å². The summed E-state index contributed by atoms with van der Waals surface area (Å²) in [6, 6.07) is 0. The zero-order chi connectivity index (χ0) is 13.9. The third-order valence-corrected chi connectivity index (χ3v) is 3.92. The molecule has 0 aliphatic carbocycles. The van der Waals surface area contributed by atoms with Crippen molar-refractivity contribution in [3.63, 3.8) is 0 Å². The first-order chi connectivity index (χ1) is 9.72. The third-order valence-electron chi connectivity index (χ3n) is 3.02. The minimum absolute atomic E-state index is 0.221. The van der Waals surface area contributed by atoms with Crippen molar-refractivity contribution in [3.05, 3.63) is 0 Å². The Morgan fingerprint density at radius 3 is 2.60 bits per heavy atom. The minimum Gasteiger partial charge on any atom is -0.368 e. The van der Waals surface area contributed by atoms with Gasteiger partial charge in [0.1, 0.15) is 0 Å². The molecule has 10 heteroatoms. The van der Waals surface area contributed by atoms with Gasteiger partial charge in [0.15, 0.2) is 0 Å². The summed E-state index contributed by atoms with van der Waals surface area (Å²) in [5.41, 5.74) is 5.77. The molecule has 1 saturated heterocycles. The Morgan fingerprint density at radius 1 is 1.10 bits per heavy atom. The van der Waals surface area contributed by atoms with E-state index < -0.39 is 0 Å². The van der Waals surface area contributed by atoms with E-state index in [1.807, 2.05) is 0 Å². The highest BCUT2D eigenvalue weighted by Gasteiger charge is 2.17. The topological polar surface area (TPSA) is 112 Å². The first-order valence-corrected chi connectivity index (χ1v) is 7.21. The molecule has 9 nitrogen and oxygen atoms in total. The fourth-order valence-electron chi connectivity index (χ4n) is 2.03. The summed E-state index contributed by atoms with van der Waals surface area (Å²) in [5, 5.41) is 12.4. The molecule has 2 aromatic rings. The molecule has 2 N–H and O–H groups in total. The predicted octanol–water partition coefficient (Wildman–Crippen LogP) is 0.119. The van der Waals surface area contributed by atoms with E-state index in [4.69, 9.17) is 5.73 Å². The first-order valence-electron chi connectivity index (χ1n) is 6.39. The van der Waals surface area contributed by atoms with Crippen molar-refractivity contribution >= 4 is 23.7 Å². The third kappa shape index (κ3) is 2.79. The van der Waals surface area contributed by atoms with Gasteiger partial charge in [-0.3, -0.25) is 0 Å². The normalized spacial score (nSPS) is 15.6. The largest absolute Gasteiger partial charge is 0.368 e. The second kappa shape index (κ2) is 5.57. The molecule has 0 aromatic carbocycles. The Balaban J connectivity index is 1.84. The van der Waals surface area contributed by atoms with Crippen molar-refractivity contribution in [1.82, 2.24) is 35.2 Å². The van der Waals surface area contributed by atoms with Crippen molar-refractivity contribution < 1.29 is 0 Å². The van der Waals surface area contributed by atoms with Crippen LogP contribution in [0.4, 0.5) is 11.9 Å². The lowest BCUT2D eigenvalue weighted by atomic mass is 10.1. The van der Waals surface area contributed by atoms with Crippen molar-refractivity contribution in [2.45, 2.75) is 29.6 Å². The SMILES string of the molecule is Cn1nnnc1Sc1nc(N)nc(N2CCCCC2)n1. The number of piperidine rings is 1. The number of nitrogens with two attached hydrogens (primary N) is 1. The lowest BCUT2D eigenvalue weighted by Crippen LogP contribution is -2.31. The van der Waals surface area contributed by atoms with Crippen LogP contribution in [0.5, 0.6) is 0 Å². The molecule has 0 spiro atoms. The van der Waals surface area contributed by atoms with Crippen LogP contribution in [0.15, 0.2) is 10.3 Å². The van der Waals surface area contributed by atoms with E-state index >= 15 is 0 Å². The summed E-state index contributed by atoms with van der Waals surface area (Å²) in [6.45, 7) is 1.91. The number of rotatable bonds is 3. The molecule has 2 aromatic heterocycles. The highest BCUT2D eigenvalue weighted by atomic mass is 32.2. The van der Waals surface area contributed by atoms with Crippen LogP contribution in [0.3, 0.4) is 0 Å². The van der Waals surface area contributed by atoms with Crippen LogP contribution < -0.4 is 10.6 Å². The number of aromatic nitrogens is 7. The number of nitrogen functional groups attached to an aromatic ring is 1. The Morgan fingerprint density at radius 2 is 1.90 bits per heavy atom. The molecule has 0 amide bonds. The van der Waals surface area contributed by atoms with E-state index in [1.54, 1.807) is 11.7 Å². The zero-order valence-electron chi connectivity index (χ0n) is 11.1. The Hall–Kier alpha value is -1.97. The molecule has 0 bridgehead atoms. The number of tetrazole rings is 1. The lowest BCUT2D eigenvalue weighted by molar-refractivity contribution is 0.565. The van der Waals surface area contributed by atoms with Crippen molar-refractivity contribution in [2.24, 2.45) is 7.05 Å². The van der Waals surface area contributed by atoms with Gasteiger partial charge in [-0.05, 0) is 41.5 Å². The van der Waals surface area contributed by atoms with Gasteiger partial charge >= 0.3 is 0 Å². The van der Waals surface area contributed by atoms with Gasteiger partial charge in [0, 0.05) is 20.1 Å². The average Bonchev–Trinajstić information content (AvgIpc) is 2.85. The number of aryl methyl sites for hydroxylation is 1. The summed E-state index contributed by atoms with van der Waals surface area (Å²) in [4.78, 5) is 14.9. The van der Waals surface area contributed by atoms with Gasteiger partial charge < -0.3 is 10.6 Å². The van der Waals surface area contributed by atoms with E-state index in [0.29, 0.717) is 16.3 Å². The molecular weight excluding hydrogens is 278 g/mol. The van der Waals surface area contributed by atoms with Crippen molar-refractivity contribution in [3.8, 4) is 0 Å². The number of hydrogen-bond acceptors (Lipinski definition) is 9. The van der Waals surface area contributed by atoms with Crippen molar-refractivity contribution in [2.75, 3.05) is 23.7 Å². The minimum atomic E-state index is 0.221. The van der Waals surface area contributed by atoms with Crippen LogP contribution in [-0.2, 0) is 7.05 Å². The van der Waals surface area contributed by atoms with Crippen LogP contribution in [0.1, 0.15) is 19.3 Å². The van der Waals surface area contributed by atoms with Crippen LogP contribution in [-0.4, -0.2) is 48.2 Å². The molecular formula is C10H15N9S. The quantitative estimate of drug-likeness (QED) is 0.843. The van der Waals surface area contributed by atoms with Gasteiger partial charge in [-0.25, -0.2) is 4.68 Å². The summed E-state index contributed by atoms with van der Waals surface area (Å²) in [5.74, 6) is 0.855. The maximum absolute atomic E-state index is 5.77. The van der Waals surface area contributed by atoms with Gasteiger partial charge in [-0.2, -0.15) is 15.0 Å². The first kappa shape index (κ1) is 13.0. The summed E-state index contributed by atoms with van der Waals surface area (Å²) in [7, 11) is 1.76. The second-order valence-electron chi connectivity index (χ2n) is 4.51. The maximum atomic E-state index is 5.77. The maximum Gasteiger partial charge on any atom is 0.231 e. The molecule has 0 saturated carbocycles. The molecule has 1 aliphatic heterocycles. The standard InChI is InChI=1S/C10H15N9S/c1-18-10(15-16-17-18)20-9-13-7(11)12-8(14-9)19-5-3-2-4-6-19/h2-6H2,1H3,(H2,11,12,13,14). The van der Waals surface area contributed by atoms with Crippen LogP contribution in [0, 0.1) is 0 Å². The number of anilines is 2. The zero-order valence-corrected chi connectivity index (χ0v) is 11.9. The monoisotopic (exact) mass is 293 g/mol. The second-order valence-corrected chi connectivity index (χ2v) is 5.45. The number of nitrogens with zero attached hydrogens (tertiary/aromatic N) is 8. The summed E-state index contributed by atoms with van der Waals surface area (Å²) >= 11 is 1.27. The molecule has 1 aliphatic rings. The fraction of sp³-hybridized carbons (Fsp3) is 0.600. The van der Waals surface area contributed by atoms with Gasteiger partial charge in [-0.1, -0.05) is 0 Å². The van der Waals surface area contributed by atoms with E-state index in [2.05, 4.69) is 35.4 Å².